The van der Waals surface area contributed by atoms with E-state index in [4.69, 9.17) is 9.47 Å². The van der Waals surface area contributed by atoms with Crippen molar-refractivity contribution >= 4 is 12.1 Å². The Morgan fingerprint density at radius 2 is 2.00 bits per heavy atom. The fourth-order valence-corrected chi connectivity index (χ4v) is 2.34. The number of amides is 1. The molecule has 1 aliphatic rings. The third-order valence-corrected chi connectivity index (χ3v) is 3.80. The fraction of sp³-hybridized carbons (Fsp3) is 0.500. The van der Waals surface area contributed by atoms with E-state index in [2.05, 4.69) is 27.4 Å². The van der Waals surface area contributed by atoms with Crippen LogP contribution in [0.25, 0.3) is 0 Å². The van der Waals surface area contributed by atoms with Gasteiger partial charge in [0.15, 0.2) is 0 Å². The zero-order valence-corrected chi connectivity index (χ0v) is 13.9. The van der Waals surface area contributed by atoms with E-state index in [1.807, 2.05) is 12.1 Å². The van der Waals surface area contributed by atoms with Crippen molar-refractivity contribution in [2.75, 3.05) is 54.0 Å². The van der Waals surface area contributed by atoms with Gasteiger partial charge in [-0.15, -0.1) is 0 Å². The normalized spacial score (nSPS) is 16.5. The summed E-state index contributed by atoms with van der Waals surface area (Å²) in [7, 11) is 5.27. The number of hydrogen-bond donors (Lipinski definition) is 1. The first-order valence-electron chi connectivity index (χ1n) is 7.57. The second-order valence-electron chi connectivity index (χ2n) is 5.48. The van der Waals surface area contributed by atoms with Gasteiger partial charge >= 0.3 is 0 Å². The Morgan fingerprint density at radius 1 is 1.26 bits per heavy atom. The van der Waals surface area contributed by atoms with E-state index in [0.717, 1.165) is 31.7 Å². The minimum Gasteiger partial charge on any atom is -0.497 e. The van der Waals surface area contributed by atoms with Gasteiger partial charge in [0, 0.05) is 37.8 Å². The largest absolute Gasteiger partial charge is 0.497 e. The first-order chi connectivity index (χ1) is 11.1. The number of nitrogens with zero attached hydrogens (tertiary/aromatic N) is 3. The maximum absolute atomic E-state index is 11.9. The molecule has 7 heteroatoms. The average Bonchev–Trinajstić information content (AvgIpc) is 2.57. The van der Waals surface area contributed by atoms with E-state index in [0.29, 0.717) is 18.0 Å². The zero-order chi connectivity index (χ0) is 16.7. The lowest BCUT2D eigenvalue weighted by Gasteiger charge is -2.31. The summed E-state index contributed by atoms with van der Waals surface area (Å²) >= 11 is 0. The Morgan fingerprint density at radius 3 is 2.65 bits per heavy atom. The summed E-state index contributed by atoms with van der Waals surface area (Å²) in [6.45, 7) is 4.14. The summed E-state index contributed by atoms with van der Waals surface area (Å²) in [6.07, 6.45) is 1.57. The number of carbonyl (C=O) groups excluding carboxylic acids is 1. The number of hydrogen-bond acceptors (Lipinski definition) is 6. The molecule has 0 radical (unpaired) electrons. The molecular weight excluding hydrogens is 296 g/mol. The fourth-order valence-electron chi connectivity index (χ4n) is 2.34. The Kier molecular flexibility index (Phi) is 6.37. The first kappa shape index (κ1) is 17.2. The van der Waals surface area contributed by atoms with E-state index in [-0.39, 0.29) is 5.91 Å². The van der Waals surface area contributed by atoms with Crippen molar-refractivity contribution in [1.29, 1.82) is 0 Å². The molecule has 1 heterocycles. The molecule has 1 N–H and O–H groups in total. The number of nitrogens with one attached hydrogen (secondary N) is 1. The van der Waals surface area contributed by atoms with Crippen molar-refractivity contribution < 1.29 is 14.3 Å². The zero-order valence-electron chi connectivity index (χ0n) is 13.9. The van der Waals surface area contributed by atoms with E-state index in [9.17, 15) is 4.79 Å². The molecule has 1 aromatic rings. The topological polar surface area (TPSA) is 66.4 Å². The number of likely N-dealkylation sites (N-methyl/N-ethyl adjacent to an activating group) is 1. The number of piperazine rings is 1. The Hall–Kier alpha value is -2.12. The van der Waals surface area contributed by atoms with Crippen molar-refractivity contribution in [2.24, 2.45) is 5.10 Å². The minimum atomic E-state index is -0.113. The Balaban J connectivity index is 1.85. The highest BCUT2D eigenvalue weighted by molar-refractivity contribution is 5.86. The SMILES string of the molecule is COc1ccc(/C=N/NC(=O)CN2CCN(C)CC2)c(OC)c1. The van der Waals surface area contributed by atoms with Gasteiger partial charge in [-0.05, 0) is 19.2 Å². The van der Waals surface area contributed by atoms with Crippen molar-refractivity contribution in [3.8, 4) is 11.5 Å². The highest BCUT2D eigenvalue weighted by Crippen LogP contribution is 2.22. The van der Waals surface area contributed by atoms with E-state index < -0.39 is 0 Å². The molecule has 1 aliphatic heterocycles. The summed E-state index contributed by atoms with van der Waals surface area (Å²) in [6, 6.07) is 5.41. The van der Waals surface area contributed by atoms with Crippen LogP contribution >= 0.6 is 0 Å². The molecule has 1 fully saturated rings. The molecule has 0 unspecified atom stereocenters. The molecule has 7 nitrogen and oxygen atoms in total. The molecule has 2 rings (SSSR count). The van der Waals surface area contributed by atoms with Crippen LogP contribution in [0.2, 0.25) is 0 Å². The van der Waals surface area contributed by atoms with Crippen LogP contribution in [-0.2, 0) is 4.79 Å². The second kappa shape index (κ2) is 8.50. The molecule has 1 amide bonds. The molecule has 0 saturated carbocycles. The van der Waals surface area contributed by atoms with Crippen molar-refractivity contribution in [2.45, 2.75) is 0 Å². The van der Waals surface area contributed by atoms with Crippen LogP contribution in [0.15, 0.2) is 23.3 Å². The number of methoxy groups -OCH3 is 2. The van der Waals surface area contributed by atoms with Crippen molar-refractivity contribution in [3.05, 3.63) is 23.8 Å². The Labute approximate surface area is 136 Å². The third kappa shape index (κ3) is 5.22. The summed E-state index contributed by atoms with van der Waals surface area (Å²) in [5.74, 6) is 1.23. The molecule has 0 bridgehead atoms. The standard InChI is InChI=1S/C16H24N4O3/c1-19-6-8-20(9-7-19)12-16(21)18-17-11-13-4-5-14(22-2)10-15(13)23-3/h4-5,10-11H,6-9,12H2,1-3H3,(H,18,21)/b17-11+. The maximum Gasteiger partial charge on any atom is 0.254 e. The summed E-state index contributed by atoms with van der Waals surface area (Å²) < 4.78 is 10.4. The van der Waals surface area contributed by atoms with Gasteiger partial charge in [-0.1, -0.05) is 0 Å². The molecule has 0 aromatic heterocycles. The highest BCUT2D eigenvalue weighted by Gasteiger charge is 2.16. The number of ether oxygens (including phenoxy) is 2. The number of rotatable bonds is 6. The summed E-state index contributed by atoms with van der Waals surface area (Å²) in [5.41, 5.74) is 3.33. The Bertz CT molecular complexity index is 554. The van der Waals surface area contributed by atoms with Crippen LogP contribution < -0.4 is 14.9 Å². The quantitative estimate of drug-likeness (QED) is 0.607. The minimum absolute atomic E-state index is 0.113. The molecule has 0 atom stereocenters. The van der Waals surface area contributed by atoms with Gasteiger partial charge in [0.1, 0.15) is 11.5 Å². The average molecular weight is 320 g/mol. The van der Waals surface area contributed by atoms with Gasteiger partial charge in [-0.25, -0.2) is 5.43 Å². The number of carbonyl (C=O) groups is 1. The van der Waals surface area contributed by atoms with Gasteiger partial charge in [0.2, 0.25) is 0 Å². The molecule has 0 spiro atoms. The van der Waals surface area contributed by atoms with Crippen LogP contribution in [0, 0.1) is 0 Å². The van der Waals surface area contributed by atoms with Gasteiger partial charge in [-0.2, -0.15) is 5.10 Å². The molecule has 1 saturated heterocycles. The maximum atomic E-state index is 11.9. The van der Waals surface area contributed by atoms with Crippen molar-refractivity contribution in [3.63, 3.8) is 0 Å². The van der Waals surface area contributed by atoms with Gasteiger partial charge in [-0.3, -0.25) is 9.69 Å². The van der Waals surface area contributed by atoms with E-state index in [1.165, 1.54) is 0 Å². The van der Waals surface area contributed by atoms with Crippen molar-refractivity contribution in [1.82, 2.24) is 15.2 Å². The monoisotopic (exact) mass is 320 g/mol. The number of hydrazone groups is 1. The molecule has 1 aromatic carbocycles. The number of benzene rings is 1. The van der Waals surface area contributed by atoms with Gasteiger partial charge in [0.25, 0.3) is 5.91 Å². The molecule has 0 aliphatic carbocycles. The lowest BCUT2D eigenvalue weighted by molar-refractivity contribution is -0.122. The van der Waals surface area contributed by atoms with Crippen LogP contribution in [0.4, 0.5) is 0 Å². The van der Waals surface area contributed by atoms with Crippen LogP contribution in [0.5, 0.6) is 11.5 Å². The second-order valence-corrected chi connectivity index (χ2v) is 5.48. The lowest BCUT2D eigenvalue weighted by Crippen LogP contribution is -2.47. The van der Waals surface area contributed by atoms with E-state index >= 15 is 0 Å². The van der Waals surface area contributed by atoms with Crippen LogP contribution in [0.3, 0.4) is 0 Å². The molecular formula is C16H24N4O3. The van der Waals surface area contributed by atoms with Crippen LogP contribution in [0.1, 0.15) is 5.56 Å². The third-order valence-electron chi connectivity index (χ3n) is 3.80. The predicted octanol–water partition coefficient (Wildman–Crippen LogP) is 0.401. The predicted molar refractivity (Wildman–Crippen MR) is 89.2 cm³/mol. The highest BCUT2D eigenvalue weighted by atomic mass is 16.5. The molecule has 23 heavy (non-hydrogen) atoms. The van der Waals surface area contributed by atoms with E-state index in [1.54, 1.807) is 26.5 Å². The lowest BCUT2D eigenvalue weighted by atomic mass is 10.2. The smallest absolute Gasteiger partial charge is 0.254 e. The molecule has 126 valence electrons. The summed E-state index contributed by atoms with van der Waals surface area (Å²) in [5, 5.41) is 4.00. The summed E-state index contributed by atoms with van der Waals surface area (Å²) in [4.78, 5) is 16.3. The first-order valence-corrected chi connectivity index (χ1v) is 7.57. The van der Waals surface area contributed by atoms with Gasteiger partial charge in [0.05, 0.1) is 27.0 Å². The van der Waals surface area contributed by atoms with Gasteiger partial charge < -0.3 is 14.4 Å². The van der Waals surface area contributed by atoms with Crippen LogP contribution in [-0.4, -0.2) is 75.9 Å².